The van der Waals surface area contributed by atoms with Crippen LogP contribution in [0.25, 0.3) is 0 Å². The molecule has 0 aromatic carbocycles. The van der Waals surface area contributed by atoms with Gasteiger partial charge in [-0.2, -0.15) is 0 Å². The largest absolute Gasteiger partial charge is 0.389 e. The maximum atomic E-state index is 11.4. The maximum Gasteiger partial charge on any atom is 0.237 e. The molecule has 100 valence electrons. The summed E-state index contributed by atoms with van der Waals surface area (Å²) < 4.78 is 0. The second-order valence-electron chi connectivity index (χ2n) is 5.81. The first-order chi connectivity index (χ1) is 7.81. The molecule has 1 unspecified atom stereocenters. The Hall–Kier alpha value is -0.610. The van der Waals surface area contributed by atoms with Crippen LogP contribution >= 0.6 is 0 Å². The predicted molar refractivity (Wildman–Crippen MR) is 68.5 cm³/mol. The van der Waals surface area contributed by atoms with Gasteiger partial charge in [0.15, 0.2) is 0 Å². The quantitative estimate of drug-likeness (QED) is 0.677. The van der Waals surface area contributed by atoms with Crippen molar-refractivity contribution in [3.05, 3.63) is 0 Å². The molecule has 4 nitrogen and oxygen atoms in total. The zero-order valence-electron chi connectivity index (χ0n) is 11.3. The van der Waals surface area contributed by atoms with Crippen LogP contribution in [0.1, 0.15) is 52.9 Å². The van der Waals surface area contributed by atoms with Crippen LogP contribution in [0.15, 0.2) is 0 Å². The number of rotatable bonds is 5. The number of hydrogen-bond acceptors (Lipinski definition) is 3. The lowest BCUT2D eigenvalue weighted by molar-refractivity contribution is -0.124. The molecule has 1 amide bonds. The number of carbonyl (C=O) groups is 1. The third-order valence-corrected chi connectivity index (χ3v) is 4.26. The van der Waals surface area contributed by atoms with Gasteiger partial charge in [-0.05, 0) is 44.9 Å². The molecule has 0 aliphatic heterocycles. The second-order valence-corrected chi connectivity index (χ2v) is 5.81. The SMILES string of the molecule is CCC(C)(NCC1(O)CCC(C)CC1)C(N)=O. The van der Waals surface area contributed by atoms with Gasteiger partial charge in [0.2, 0.25) is 5.91 Å². The molecule has 0 radical (unpaired) electrons. The minimum Gasteiger partial charge on any atom is -0.389 e. The number of β-amino-alcohol motifs (C(OH)–C–C–N with tert-alkyl or cyclic N) is 1. The monoisotopic (exact) mass is 242 g/mol. The standard InChI is InChI=1S/C13H26N2O2/c1-4-12(3,11(14)16)15-9-13(17)7-5-10(2)6-8-13/h10,15,17H,4-9H2,1-3H3,(H2,14,16). The third kappa shape index (κ3) is 3.68. The van der Waals surface area contributed by atoms with Gasteiger partial charge >= 0.3 is 0 Å². The van der Waals surface area contributed by atoms with E-state index in [2.05, 4.69) is 12.2 Å². The molecular formula is C13H26N2O2. The molecule has 17 heavy (non-hydrogen) atoms. The van der Waals surface area contributed by atoms with Gasteiger partial charge in [-0.1, -0.05) is 13.8 Å². The van der Waals surface area contributed by atoms with Gasteiger partial charge in [-0.15, -0.1) is 0 Å². The van der Waals surface area contributed by atoms with Crippen LogP contribution in [0.5, 0.6) is 0 Å². The molecule has 0 saturated heterocycles. The average molecular weight is 242 g/mol. The highest BCUT2D eigenvalue weighted by molar-refractivity contribution is 5.84. The van der Waals surface area contributed by atoms with E-state index in [1.807, 2.05) is 6.92 Å². The highest BCUT2D eigenvalue weighted by Crippen LogP contribution is 2.31. The Bertz CT molecular complexity index is 273. The van der Waals surface area contributed by atoms with Gasteiger partial charge in [0, 0.05) is 6.54 Å². The zero-order valence-corrected chi connectivity index (χ0v) is 11.3. The molecular weight excluding hydrogens is 216 g/mol. The number of carbonyl (C=O) groups excluding carboxylic acids is 1. The zero-order chi connectivity index (χ0) is 13.1. The van der Waals surface area contributed by atoms with E-state index in [9.17, 15) is 9.90 Å². The van der Waals surface area contributed by atoms with Crippen molar-refractivity contribution in [2.75, 3.05) is 6.54 Å². The summed E-state index contributed by atoms with van der Waals surface area (Å²) in [5.74, 6) is 0.344. The fraction of sp³-hybridized carbons (Fsp3) is 0.923. The minimum atomic E-state index is -0.710. The van der Waals surface area contributed by atoms with Crippen molar-refractivity contribution >= 4 is 5.91 Å². The molecule has 0 aromatic heterocycles. The molecule has 1 aliphatic rings. The summed E-state index contributed by atoms with van der Waals surface area (Å²) in [4.78, 5) is 11.4. The summed E-state index contributed by atoms with van der Waals surface area (Å²) in [7, 11) is 0. The molecule has 1 fully saturated rings. The number of primary amides is 1. The van der Waals surface area contributed by atoms with Crippen LogP contribution in [0.3, 0.4) is 0 Å². The summed E-state index contributed by atoms with van der Waals surface area (Å²) >= 11 is 0. The van der Waals surface area contributed by atoms with Crippen molar-refractivity contribution in [3.8, 4) is 0 Å². The summed E-state index contributed by atoms with van der Waals surface area (Å²) in [6.45, 7) is 6.38. The van der Waals surface area contributed by atoms with Gasteiger partial charge in [0.25, 0.3) is 0 Å². The van der Waals surface area contributed by atoms with Gasteiger partial charge in [0.05, 0.1) is 11.1 Å². The lowest BCUT2D eigenvalue weighted by Gasteiger charge is -2.38. The number of aliphatic hydroxyl groups is 1. The van der Waals surface area contributed by atoms with Crippen molar-refractivity contribution in [2.24, 2.45) is 11.7 Å². The first-order valence-electron chi connectivity index (χ1n) is 6.59. The summed E-state index contributed by atoms with van der Waals surface area (Å²) in [5, 5.41) is 13.6. The first kappa shape index (κ1) is 14.5. The molecule has 0 heterocycles. The van der Waals surface area contributed by atoms with E-state index in [-0.39, 0.29) is 5.91 Å². The molecule has 0 aromatic rings. The fourth-order valence-electron chi connectivity index (χ4n) is 2.22. The highest BCUT2D eigenvalue weighted by atomic mass is 16.3. The number of nitrogens with two attached hydrogens (primary N) is 1. The number of hydrogen-bond donors (Lipinski definition) is 3. The first-order valence-corrected chi connectivity index (χ1v) is 6.59. The van der Waals surface area contributed by atoms with E-state index in [0.717, 1.165) is 25.7 Å². The molecule has 4 heteroatoms. The Balaban J connectivity index is 2.52. The van der Waals surface area contributed by atoms with E-state index in [0.29, 0.717) is 18.9 Å². The van der Waals surface area contributed by atoms with Crippen molar-refractivity contribution < 1.29 is 9.90 Å². The van der Waals surface area contributed by atoms with E-state index in [1.165, 1.54) is 0 Å². The van der Waals surface area contributed by atoms with E-state index < -0.39 is 11.1 Å². The molecule has 1 aliphatic carbocycles. The van der Waals surface area contributed by atoms with Gasteiger partial charge in [0.1, 0.15) is 0 Å². The van der Waals surface area contributed by atoms with Gasteiger partial charge in [-0.3, -0.25) is 4.79 Å². The average Bonchev–Trinajstić information content (AvgIpc) is 2.30. The Morgan fingerprint density at radius 2 is 2.06 bits per heavy atom. The van der Waals surface area contributed by atoms with Crippen molar-refractivity contribution in [3.63, 3.8) is 0 Å². The summed E-state index contributed by atoms with van der Waals surface area (Å²) in [6.07, 6.45) is 4.35. The van der Waals surface area contributed by atoms with E-state index in [1.54, 1.807) is 6.92 Å². The highest BCUT2D eigenvalue weighted by Gasteiger charge is 2.36. The molecule has 0 spiro atoms. The fourth-order valence-corrected chi connectivity index (χ4v) is 2.22. The molecule has 0 bridgehead atoms. The van der Waals surface area contributed by atoms with Crippen LogP contribution in [-0.4, -0.2) is 28.7 Å². The van der Waals surface area contributed by atoms with Crippen molar-refractivity contribution in [2.45, 2.75) is 64.0 Å². The topological polar surface area (TPSA) is 75.3 Å². The van der Waals surface area contributed by atoms with E-state index >= 15 is 0 Å². The second kappa shape index (κ2) is 5.36. The van der Waals surface area contributed by atoms with Crippen LogP contribution in [0.4, 0.5) is 0 Å². The maximum absolute atomic E-state index is 11.4. The van der Waals surface area contributed by atoms with Crippen molar-refractivity contribution in [1.82, 2.24) is 5.32 Å². The molecule has 1 saturated carbocycles. The summed E-state index contributed by atoms with van der Waals surface area (Å²) in [5.41, 5.74) is 4.00. The normalized spacial score (nSPS) is 33.1. The lowest BCUT2D eigenvalue weighted by atomic mass is 9.79. The van der Waals surface area contributed by atoms with Gasteiger partial charge in [-0.25, -0.2) is 0 Å². The minimum absolute atomic E-state index is 0.354. The van der Waals surface area contributed by atoms with Crippen molar-refractivity contribution in [1.29, 1.82) is 0 Å². The Morgan fingerprint density at radius 3 is 2.47 bits per heavy atom. The smallest absolute Gasteiger partial charge is 0.237 e. The predicted octanol–water partition coefficient (Wildman–Crippen LogP) is 1.17. The number of amides is 1. The molecule has 1 rings (SSSR count). The summed E-state index contributed by atoms with van der Waals surface area (Å²) in [6, 6.07) is 0. The molecule has 4 N–H and O–H groups in total. The number of nitrogens with one attached hydrogen (secondary N) is 1. The van der Waals surface area contributed by atoms with E-state index in [4.69, 9.17) is 5.73 Å². The van der Waals surface area contributed by atoms with Gasteiger partial charge < -0.3 is 16.2 Å². The molecule has 1 atom stereocenters. The van der Waals surface area contributed by atoms with Crippen LogP contribution < -0.4 is 11.1 Å². The van der Waals surface area contributed by atoms with Crippen LogP contribution in [0.2, 0.25) is 0 Å². The third-order valence-electron chi connectivity index (χ3n) is 4.26. The lowest BCUT2D eigenvalue weighted by Crippen LogP contribution is -2.57. The Kier molecular flexibility index (Phi) is 4.55. The van der Waals surface area contributed by atoms with Crippen LogP contribution in [-0.2, 0) is 4.79 Å². The Morgan fingerprint density at radius 1 is 1.53 bits per heavy atom. The van der Waals surface area contributed by atoms with Crippen LogP contribution in [0, 0.1) is 5.92 Å². The Labute approximate surface area is 104 Å².